The normalized spacial score (nSPS) is 18.5. The summed E-state index contributed by atoms with van der Waals surface area (Å²) in [7, 11) is 0. The highest BCUT2D eigenvalue weighted by Crippen LogP contribution is 2.35. The van der Waals surface area contributed by atoms with Crippen molar-refractivity contribution in [3.63, 3.8) is 0 Å². The Morgan fingerprint density at radius 1 is 1.22 bits per heavy atom. The fourth-order valence-corrected chi connectivity index (χ4v) is 2.49. The summed E-state index contributed by atoms with van der Waals surface area (Å²) < 4.78 is 0. The molecule has 1 unspecified atom stereocenters. The van der Waals surface area contributed by atoms with Crippen molar-refractivity contribution in [3.8, 4) is 0 Å². The van der Waals surface area contributed by atoms with Gasteiger partial charge in [-0.25, -0.2) is 9.97 Å². The van der Waals surface area contributed by atoms with Gasteiger partial charge in [0.05, 0.1) is 12.4 Å². The molecule has 0 fully saturated rings. The average molecular weight is 240 g/mol. The molecule has 2 heterocycles. The first-order valence-electron chi connectivity index (χ1n) is 6.20. The molecule has 0 radical (unpaired) electrons. The van der Waals surface area contributed by atoms with Crippen molar-refractivity contribution >= 4 is 17.3 Å². The smallest absolute Gasteiger partial charge is 0.151 e. The minimum atomic E-state index is 0.429. The number of nitrogens with zero attached hydrogens (tertiary/aromatic N) is 3. The van der Waals surface area contributed by atoms with E-state index in [1.807, 2.05) is 0 Å². The van der Waals surface area contributed by atoms with Gasteiger partial charge in [-0.3, -0.25) is 0 Å². The molecule has 92 valence electrons. The molecule has 0 saturated carbocycles. The molecule has 1 aliphatic heterocycles. The van der Waals surface area contributed by atoms with E-state index in [2.05, 4.69) is 46.1 Å². The van der Waals surface area contributed by atoms with Crippen LogP contribution in [0.2, 0.25) is 0 Å². The highest BCUT2D eigenvalue weighted by Gasteiger charge is 2.24. The highest BCUT2D eigenvalue weighted by molar-refractivity contribution is 5.66. The van der Waals surface area contributed by atoms with Gasteiger partial charge in [0, 0.05) is 11.7 Å². The molecule has 0 amide bonds. The standard InChI is InChI=1S/C14H16N4/c1-10-6-7-11-4-2-3-5-12(11)18(10)14-9-16-13(15)8-17-14/h2-5,8-10H,6-7H2,1H3,(H2,15,16). The number of nitrogen functional groups attached to an aromatic ring is 1. The van der Waals surface area contributed by atoms with E-state index in [4.69, 9.17) is 5.73 Å². The van der Waals surface area contributed by atoms with Crippen molar-refractivity contribution in [1.29, 1.82) is 0 Å². The monoisotopic (exact) mass is 240 g/mol. The van der Waals surface area contributed by atoms with Crippen molar-refractivity contribution in [1.82, 2.24) is 9.97 Å². The second kappa shape index (κ2) is 4.29. The van der Waals surface area contributed by atoms with Crippen LogP contribution in [0.4, 0.5) is 17.3 Å². The quantitative estimate of drug-likeness (QED) is 0.832. The molecule has 0 spiro atoms. The largest absolute Gasteiger partial charge is 0.382 e. The van der Waals surface area contributed by atoms with E-state index >= 15 is 0 Å². The predicted octanol–water partition coefficient (Wildman–Crippen LogP) is 2.53. The van der Waals surface area contributed by atoms with Gasteiger partial charge in [-0.2, -0.15) is 0 Å². The third-order valence-electron chi connectivity index (χ3n) is 3.43. The summed E-state index contributed by atoms with van der Waals surface area (Å²) in [6, 6.07) is 8.90. The lowest BCUT2D eigenvalue weighted by Gasteiger charge is -2.35. The second-order valence-corrected chi connectivity index (χ2v) is 4.69. The molecule has 4 nitrogen and oxygen atoms in total. The van der Waals surface area contributed by atoms with Gasteiger partial charge in [-0.15, -0.1) is 0 Å². The zero-order valence-corrected chi connectivity index (χ0v) is 10.4. The van der Waals surface area contributed by atoms with Gasteiger partial charge in [0.2, 0.25) is 0 Å². The molecule has 0 bridgehead atoms. The highest BCUT2D eigenvalue weighted by atomic mass is 15.2. The van der Waals surface area contributed by atoms with Gasteiger partial charge in [-0.05, 0) is 31.4 Å². The lowest BCUT2D eigenvalue weighted by molar-refractivity contribution is 0.612. The molecule has 0 aliphatic carbocycles. The van der Waals surface area contributed by atoms with Crippen molar-refractivity contribution in [2.45, 2.75) is 25.8 Å². The van der Waals surface area contributed by atoms with E-state index < -0.39 is 0 Å². The van der Waals surface area contributed by atoms with Crippen LogP contribution in [0.25, 0.3) is 0 Å². The molecule has 1 aromatic heterocycles. The number of benzene rings is 1. The lowest BCUT2D eigenvalue weighted by Crippen LogP contribution is -2.33. The van der Waals surface area contributed by atoms with Crippen LogP contribution >= 0.6 is 0 Å². The first-order valence-corrected chi connectivity index (χ1v) is 6.20. The molecule has 1 aliphatic rings. The first kappa shape index (κ1) is 11.0. The first-order chi connectivity index (χ1) is 8.75. The number of aromatic nitrogens is 2. The van der Waals surface area contributed by atoms with Gasteiger partial charge in [0.1, 0.15) is 5.82 Å². The van der Waals surface area contributed by atoms with E-state index in [9.17, 15) is 0 Å². The Morgan fingerprint density at radius 3 is 2.83 bits per heavy atom. The number of fused-ring (bicyclic) bond motifs is 1. The predicted molar refractivity (Wildman–Crippen MR) is 72.8 cm³/mol. The Balaban J connectivity index is 2.07. The van der Waals surface area contributed by atoms with Crippen LogP contribution in [-0.2, 0) is 6.42 Å². The number of para-hydroxylation sites is 1. The Hall–Kier alpha value is -2.10. The van der Waals surface area contributed by atoms with Crippen molar-refractivity contribution in [2.24, 2.45) is 0 Å². The molecule has 18 heavy (non-hydrogen) atoms. The third-order valence-corrected chi connectivity index (χ3v) is 3.43. The van der Waals surface area contributed by atoms with Crippen molar-refractivity contribution in [2.75, 3.05) is 10.6 Å². The molecule has 1 atom stereocenters. The number of rotatable bonds is 1. The average Bonchev–Trinajstić information content (AvgIpc) is 2.40. The molecule has 2 N–H and O–H groups in total. The van der Waals surface area contributed by atoms with E-state index in [0.29, 0.717) is 11.9 Å². The molecule has 2 aromatic rings. The summed E-state index contributed by atoms with van der Waals surface area (Å²) >= 11 is 0. The van der Waals surface area contributed by atoms with E-state index in [-0.39, 0.29) is 0 Å². The number of hydrogen-bond donors (Lipinski definition) is 1. The van der Waals surface area contributed by atoms with Crippen LogP contribution < -0.4 is 10.6 Å². The summed E-state index contributed by atoms with van der Waals surface area (Å²) in [5, 5.41) is 0. The molecule has 4 heteroatoms. The van der Waals surface area contributed by atoms with Gasteiger partial charge < -0.3 is 10.6 Å². The Kier molecular flexibility index (Phi) is 2.63. The minimum Gasteiger partial charge on any atom is -0.382 e. The maximum atomic E-state index is 5.59. The Labute approximate surface area is 106 Å². The van der Waals surface area contributed by atoms with Crippen LogP contribution in [0.3, 0.4) is 0 Å². The van der Waals surface area contributed by atoms with E-state index in [0.717, 1.165) is 18.7 Å². The van der Waals surface area contributed by atoms with Crippen LogP contribution in [0.15, 0.2) is 36.7 Å². The summed E-state index contributed by atoms with van der Waals surface area (Å²) in [5.41, 5.74) is 8.19. The number of nitrogens with two attached hydrogens (primary N) is 1. The maximum Gasteiger partial charge on any atom is 0.151 e. The van der Waals surface area contributed by atoms with E-state index in [1.165, 1.54) is 11.3 Å². The van der Waals surface area contributed by atoms with E-state index in [1.54, 1.807) is 12.4 Å². The van der Waals surface area contributed by atoms with Gasteiger partial charge in [0.25, 0.3) is 0 Å². The summed E-state index contributed by atoms with van der Waals surface area (Å²) in [6.07, 6.45) is 5.60. The molecule has 1 aromatic carbocycles. The maximum absolute atomic E-state index is 5.59. The van der Waals surface area contributed by atoms with Gasteiger partial charge >= 0.3 is 0 Å². The molecule has 0 saturated heterocycles. The third kappa shape index (κ3) is 1.79. The van der Waals surface area contributed by atoms with Crippen molar-refractivity contribution < 1.29 is 0 Å². The lowest BCUT2D eigenvalue weighted by atomic mass is 9.97. The van der Waals surface area contributed by atoms with Gasteiger partial charge in [0.15, 0.2) is 5.82 Å². The van der Waals surface area contributed by atoms with Crippen LogP contribution in [0.5, 0.6) is 0 Å². The fraction of sp³-hybridized carbons (Fsp3) is 0.286. The van der Waals surface area contributed by atoms with Gasteiger partial charge in [-0.1, -0.05) is 18.2 Å². The van der Waals surface area contributed by atoms with Crippen LogP contribution in [-0.4, -0.2) is 16.0 Å². The molecular weight excluding hydrogens is 224 g/mol. The topological polar surface area (TPSA) is 55.0 Å². The zero-order chi connectivity index (χ0) is 12.5. The Morgan fingerprint density at radius 2 is 2.06 bits per heavy atom. The number of aryl methyl sites for hydroxylation is 1. The zero-order valence-electron chi connectivity index (χ0n) is 10.4. The summed E-state index contributed by atoms with van der Waals surface area (Å²) in [5.74, 6) is 1.32. The van der Waals surface area contributed by atoms with Crippen molar-refractivity contribution in [3.05, 3.63) is 42.2 Å². The molecular formula is C14H16N4. The number of anilines is 3. The minimum absolute atomic E-state index is 0.429. The molecule has 3 rings (SSSR count). The second-order valence-electron chi connectivity index (χ2n) is 4.69. The summed E-state index contributed by atoms with van der Waals surface area (Å²) in [4.78, 5) is 10.8. The summed E-state index contributed by atoms with van der Waals surface area (Å²) in [6.45, 7) is 2.22. The SMILES string of the molecule is CC1CCc2ccccc2N1c1cnc(N)cn1. The van der Waals surface area contributed by atoms with Crippen LogP contribution in [0.1, 0.15) is 18.9 Å². The Bertz CT molecular complexity index is 550. The van der Waals surface area contributed by atoms with Crippen LogP contribution in [0, 0.1) is 0 Å². The fourth-order valence-electron chi connectivity index (χ4n) is 2.49. The number of hydrogen-bond acceptors (Lipinski definition) is 4.